The molecule has 0 saturated carbocycles. The second kappa shape index (κ2) is 17.0. The molecule has 0 saturated heterocycles. The van der Waals surface area contributed by atoms with Gasteiger partial charge in [-0.05, 0) is 60.4 Å². The molecule has 0 fully saturated rings. The fourth-order valence-corrected chi connectivity index (χ4v) is 7.08. The fourth-order valence-electron chi connectivity index (χ4n) is 5.21. The van der Waals surface area contributed by atoms with Gasteiger partial charge in [0.2, 0.25) is 11.8 Å². The third-order valence-electron chi connectivity index (χ3n) is 7.88. The highest BCUT2D eigenvalue weighted by Crippen LogP contribution is 2.36. The van der Waals surface area contributed by atoms with E-state index in [1.54, 1.807) is 24.3 Å². The van der Waals surface area contributed by atoms with Gasteiger partial charge in [0.25, 0.3) is 15.7 Å². The molecule has 0 aromatic heterocycles. The van der Waals surface area contributed by atoms with E-state index in [-0.39, 0.29) is 40.9 Å². The van der Waals surface area contributed by atoms with Crippen molar-refractivity contribution in [3.63, 3.8) is 0 Å². The predicted molar refractivity (Wildman–Crippen MR) is 197 cm³/mol. The Morgan fingerprint density at radius 3 is 2.28 bits per heavy atom. The van der Waals surface area contributed by atoms with Gasteiger partial charge in [-0.2, -0.15) is 0 Å². The van der Waals surface area contributed by atoms with Gasteiger partial charge in [0.1, 0.15) is 18.3 Å². The standard InChI is InChI=1S/C36H38BrClN4O7S/c1-24(2)21-39-36(44)33(18-26-8-6-5-7-9-26)40(22-27-11-13-28(37)14-12-27)35(43)23-41(32-19-29(38)15-17-34(32)49-4)50(47,48)30-16-10-25(3)31(20-30)42(45)46/h5-17,19-20,24,33H,18,21-23H2,1-4H3,(H,39,44)/t33-/m1/s1. The highest BCUT2D eigenvalue weighted by atomic mass is 79.9. The summed E-state index contributed by atoms with van der Waals surface area (Å²) in [5.74, 6) is -0.901. The lowest BCUT2D eigenvalue weighted by atomic mass is 10.0. The quantitative estimate of drug-likeness (QED) is 0.102. The minimum absolute atomic E-state index is 0.0325. The first kappa shape index (κ1) is 38.3. The summed E-state index contributed by atoms with van der Waals surface area (Å²) in [6.45, 7) is 4.93. The van der Waals surface area contributed by atoms with Crippen molar-refractivity contribution in [3.05, 3.63) is 127 Å². The first-order valence-electron chi connectivity index (χ1n) is 15.7. The van der Waals surface area contributed by atoms with Gasteiger partial charge < -0.3 is 15.0 Å². The van der Waals surface area contributed by atoms with Gasteiger partial charge in [-0.1, -0.05) is 89.9 Å². The normalized spacial score (nSPS) is 11.9. The van der Waals surface area contributed by atoms with Crippen molar-refractivity contribution in [2.45, 2.75) is 44.7 Å². The summed E-state index contributed by atoms with van der Waals surface area (Å²) in [7, 11) is -3.34. The van der Waals surface area contributed by atoms with Gasteiger partial charge in [-0.3, -0.25) is 24.0 Å². The van der Waals surface area contributed by atoms with Gasteiger partial charge in [-0.25, -0.2) is 8.42 Å². The highest BCUT2D eigenvalue weighted by Gasteiger charge is 2.36. The first-order chi connectivity index (χ1) is 23.7. The Morgan fingerprint density at radius 1 is 0.980 bits per heavy atom. The number of amides is 2. The Hall–Kier alpha value is -4.46. The van der Waals surface area contributed by atoms with Crippen molar-refractivity contribution in [3.8, 4) is 5.75 Å². The van der Waals surface area contributed by atoms with Gasteiger partial charge >= 0.3 is 0 Å². The molecule has 1 N–H and O–H groups in total. The Kier molecular flexibility index (Phi) is 13.0. The topological polar surface area (TPSA) is 139 Å². The van der Waals surface area contributed by atoms with Crippen LogP contribution in [0.5, 0.6) is 5.75 Å². The van der Waals surface area contributed by atoms with E-state index in [1.165, 1.54) is 49.3 Å². The fraction of sp³-hybridized carbons (Fsp3) is 0.278. The number of ether oxygens (including phenoxy) is 1. The molecular formula is C36H38BrClN4O7S. The van der Waals surface area contributed by atoms with Crippen LogP contribution in [0.15, 0.2) is 100 Å². The molecule has 14 heteroatoms. The van der Waals surface area contributed by atoms with Crippen LogP contribution in [0, 0.1) is 23.0 Å². The lowest BCUT2D eigenvalue weighted by Crippen LogP contribution is -2.53. The van der Waals surface area contributed by atoms with Crippen molar-refractivity contribution in [2.75, 3.05) is 24.5 Å². The summed E-state index contributed by atoms with van der Waals surface area (Å²) < 4.78 is 36.1. The van der Waals surface area contributed by atoms with Crippen LogP contribution in [0.4, 0.5) is 11.4 Å². The lowest BCUT2D eigenvalue weighted by Gasteiger charge is -2.34. The number of nitro groups is 1. The molecule has 0 bridgehead atoms. The van der Waals surface area contributed by atoms with Gasteiger partial charge in [-0.15, -0.1) is 0 Å². The first-order valence-corrected chi connectivity index (χ1v) is 18.3. The number of rotatable bonds is 15. The van der Waals surface area contributed by atoms with Crippen LogP contribution < -0.4 is 14.4 Å². The smallest absolute Gasteiger partial charge is 0.273 e. The number of carbonyl (C=O) groups excluding carboxylic acids is 2. The summed E-state index contributed by atoms with van der Waals surface area (Å²) in [5.41, 5.74) is 1.27. The maximum absolute atomic E-state index is 14.7. The number of sulfonamides is 1. The molecule has 0 spiro atoms. The minimum Gasteiger partial charge on any atom is -0.495 e. The van der Waals surface area contributed by atoms with E-state index in [1.807, 2.05) is 44.2 Å². The summed E-state index contributed by atoms with van der Waals surface area (Å²) in [4.78, 5) is 40.7. The van der Waals surface area contributed by atoms with Gasteiger partial charge in [0.05, 0.1) is 22.6 Å². The number of anilines is 1. The van der Waals surface area contributed by atoms with Crippen molar-refractivity contribution in [1.82, 2.24) is 10.2 Å². The lowest BCUT2D eigenvalue weighted by molar-refractivity contribution is -0.385. The Bertz CT molecular complexity index is 1940. The van der Waals surface area contributed by atoms with Gasteiger partial charge in [0, 0.05) is 40.6 Å². The molecule has 0 heterocycles. The monoisotopic (exact) mass is 784 g/mol. The zero-order valence-corrected chi connectivity index (χ0v) is 31.2. The van der Waals surface area contributed by atoms with Crippen LogP contribution in [-0.4, -0.2) is 56.3 Å². The molecule has 0 aliphatic carbocycles. The van der Waals surface area contributed by atoms with Crippen molar-refractivity contribution < 1.29 is 27.7 Å². The molecule has 4 rings (SSSR count). The maximum atomic E-state index is 14.7. The average Bonchev–Trinajstić information content (AvgIpc) is 3.08. The van der Waals surface area contributed by atoms with Crippen molar-refractivity contribution in [1.29, 1.82) is 0 Å². The number of nitro benzene ring substituents is 1. The largest absolute Gasteiger partial charge is 0.495 e. The molecule has 4 aromatic carbocycles. The molecule has 50 heavy (non-hydrogen) atoms. The molecule has 2 amide bonds. The van der Waals surface area contributed by atoms with Crippen LogP contribution in [0.25, 0.3) is 0 Å². The van der Waals surface area contributed by atoms with E-state index in [0.717, 1.165) is 20.4 Å². The maximum Gasteiger partial charge on any atom is 0.273 e. The summed E-state index contributed by atoms with van der Waals surface area (Å²) in [5, 5.41) is 14.9. The number of aryl methyl sites for hydroxylation is 1. The second-order valence-corrected chi connectivity index (χ2v) is 15.2. The second-order valence-electron chi connectivity index (χ2n) is 12.0. The number of halogens is 2. The summed E-state index contributed by atoms with van der Waals surface area (Å²) in [6.07, 6.45) is 0.143. The number of carbonyl (C=O) groups is 2. The molecule has 0 aliphatic heterocycles. The van der Waals surface area contributed by atoms with Crippen LogP contribution in [0.2, 0.25) is 5.02 Å². The number of nitrogens with one attached hydrogen (secondary N) is 1. The SMILES string of the molecule is COc1ccc(Cl)cc1N(CC(=O)N(Cc1ccc(Br)cc1)[C@H](Cc1ccccc1)C(=O)NCC(C)C)S(=O)(=O)c1ccc(C)c([N+](=O)[O-])c1. The average molecular weight is 786 g/mol. The Labute approximate surface area is 305 Å². The van der Waals surface area contributed by atoms with Crippen molar-refractivity contribution >= 4 is 60.7 Å². The van der Waals surface area contributed by atoms with Crippen LogP contribution in [0.1, 0.15) is 30.5 Å². The predicted octanol–water partition coefficient (Wildman–Crippen LogP) is 6.94. The number of nitrogens with zero attached hydrogens (tertiary/aromatic N) is 3. The zero-order valence-electron chi connectivity index (χ0n) is 28.0. The number of methoxy groups -OCH3 is 1. The van der Waals surface area contributed by atoms with E-state index < -0.39 is 49.9 Å². The number of hydrogen-bond donors (Lipinski definition) is 1. The third-order valence-corrected chi connectivity index (χ3v) is 10.4. The molecule has 0 radical (unpaired) electrons. The third kappa shape index (κ3) is 9.61. The number of hydrogen-bond acceptors (Lipinski definition) is 7. The molecule has 11 nitrogen and oxygen atoms in total. The van der Waals surface area contributed by atoms with Gasteiger partial charge in [0.15, 0.2) is 0 Å². The summed E-state index contributed by atoms with van der Waals surface area (Å²) >= 11 is 9.77. The molecule has 1 atom stereocenters. The molecular weight excluding hydrogens is 748 g/mol. The zero-order chi connectivity index (χ0) is 36.6. The van der Waals surface area contributed by atoms with Crippen LogP contribution in [-0.2, 0) is 32.6 Å². The summed E-state index contributed by atoms with van der Waals surface area (Å²) in [6, 6.07) is 23.2. The van der Waals surface area contributed by atoms with E-state index in [0.29, 0.717) is 12.1 Å². The number of benzene rings is 4. The molecule has 0 unspecified atom stereocenters. The minimum atomic E-state index is -4.67. The molecule has 4 aromatic rings. The Balaban J connectivity index is 1.88. The van der Waals surface area contributed by atoms with Crippen LogP contribution in [0.3, 0.4) is 0 Å². The van der Waals surface area contributed by atoms with E-state index in [9.17, 15) is 28.1 Å². The molecule has 264 valence electrons. The highest BCUT2D eigenvalue weighted by molar-refractivity contribution is 9.10. The van der Waals surface area contributed by atoms with E-state index >= 15 is 0 Å². The Morgan fingerprint density at radius 2 is 1.66 bits per heavy atom. The molecule has 0 aliphatic rings. The van der Waals surface area contributed by atoms with E-state index in [4.69, 9.17) is 16.3 Å². The van der Waals surface area contributed by atoms with Crippen molar-refractivity contribution in [2.24, 2.45) is 5.92 Å². The van der Waals surface area contributed by atoms with E-state index in [2.05, 4.69) is 21.2 Å². The van der Waals surface area contributed by atoms with Crippen LogP contribution >= 0.6 is 27.5 Å².